The molecule has 1 aliphatic rings. The molecular formula is C28H32ClN3O. The highest BCUT2D eigenvalue weighted by molar-refractivity contribution is 6.33. The van der Waals surface area contributed by atoms with E-state index >= 15 is 0 Å². The zero-order valence-electron chi connectivity index (χ0n) is 19.7. The summed E-state index contributed by atoms with van der Waals surface area (Å²) in [6, 6.07) is 25.5. The van der Waals surface area contributed by atoms with Crippen molar-refractivity contribution >= 4 is 17.6 Å². The fourth-order valence-electron chi connectivity index (χ4n) is 4.54. The van der Waals surface area contributed by atoms with Crippen molar-refractivity contribution < 1.29 is 4.79 Å². The van der Waals surface area contributed by atoms with Gasteiger partial charge in [-0.05, 0) is 42.2 Å². The predicted octanol–water partition coefficient (Wildman–Crippen LogP) is 5.73. The number of hydrogen-bond donors (Lipinski definition) is 0. The van der Waals surface area contributed by atoms with E-state index in [-0.39, 0.29) is 12.1 Å². The molecule has 5 heteroatoms. The molecule has 0 spiro atoms. The maximum atomic E-state index is 12.8. The van der Waals surface area contributed by atoms with Crippen LogP contribution in [0.3, 0.4) is 0 Å². The molecule has 0 radical (unpaired) electrons. The summed E-state index contributed by atoms with van der Waals surface area (Å²) < 4.78 is 0. The van der Waals surface area contributed by atoms with Crippen LogP contribution in [0.15, 0.2) is 72.8 Å². The van der Waals surface area contributed by atoms with Gasteiger partial charge in [0.1, 0.15) is 0 Å². The van der Waals surface area contributed by atoms with E-state index in [1.807, 2.05) is 37.2 Å². The van der Waals surface area contributed by atoms with E-state index in [4.69, 9.17) is 11.6 Å². The van der Waals surface area contributed by atoms with Gasteiger partial charge in [0.2, 0.25) is 0 Å². The first-order chi connectivity index (χ1) is 15.9. The van der Waals surface area contributed by atoms with Crippen LogP contribution < -0.4 is 0 Å². The van der Waals surface area contributed by atoms with Crippen LogP contribution in [-0.4, -0.2) is 60.5 Å². The molecule has 0 N–H and O–H groups in total. The molecular weight excluding hydrogens is 430 g/mol. The minimum absolute atomic E-state index is 0.0926. The number of halogens is 1. The number of aryl methyl sites for hydroxylation is 1. The average Bonchev–Trinajstić information content (AvgIpc) is 2.82. The van der Waals surface area contributed by atoms with Gasteiger partial charge in [0.15, 0.2) is 0 Å². The minimum Gasteiger partial charge on any atom is -0.331 e. The van der Waals surface area contributed by atoms with Gasteiger partial charge in [-0.2, -0.15) is 0 Å². The third-order valence-electron chi connectivity index (χ3n) is 6.30. The van der Waals surface area contributed by atoms with Gasteiger partial charge >= 0.3 is 6.03 Å². The lowest BCUT2D eigenvalue weighted by Gasteiger charge is -2.42. The fourth-order valence-corrected chi connectivity index (χ4v) is 4.77. The number of amides is 2. The number of nitrogens with zero attached hydrogens (tertiary/aromatic N) is 3. The molecule has 4 nitrogen and oxygen atoms in total. The number of hydrogen-bond acceptors (Lipinski definition) is 2. The molecule has 1 heterocycles. The molecule has 3 aromatic carbocycles. The van der Waals surface area contributed by atoms with Crippen LogP contribution in [0.25, 0.3) is 11.1 Å². The Morgan fingerprint density at radius 3 is 2.39 bits per heavy atom. The van der Waals surface area contributed by atoms with E-state index < -0.39 is 0 Å². The quantitative estimate of drug-likeness (QED) is 0.485. The van der Waals surface area contributed by atoms with Crippen molar-refractivity contribution in [2.45, 2.75) is 25.9 Å². The van der Waals surface area contributed by atoms with Crippen molar-refractivity contribution in [2.24, 2.45) is 0 Å². The SMILES string of the molecule is Cc1ccc(Cl)c(-c2ccc(CN3CCN(C(=O)N(C)C)[C@@H](Cc4ccccc4)C3)cc2)c1. The Kier molecular flexibility index (Phi) is 7.36. The smallest absolute Gasteiger partial charge is 0.319 e. The monoisotopic (exact) mass is 461 g/mol. The molecule has 0 saturated carbocycles. The summed E-state index contributed by atoms with van der Waals surface area (Å²) in [5.41, 5.74) is 5.94. The average molecular weight is 462 g/mol. The molecule has 1 saturated heterocycles. The Labute approximate surface area is 202 Å². The van der Waals surface area contributed by atoms with Crippen molar-refractivity contribution in [1.82, 2.24) is 14.7 Å². The third-order valence-corrected chi connectivity index (χ3v) is 6.63. The summed E-state index contributed by atoms with van der Waals surface area (Å²) in [4.78, 5) is 19.0. The summed E-state index contributed by atoms with van der Waals surface area (Å²) in [6.45, 7) is 5.43. The highest BCUT2D eigenvalue weighted by atomic mass is 35.5. The van der Waals surface area contributed by atoms with Crippen LogP contribution in [0.5, 0.6) is 0 Å². The van der Waals surface area contributed by atoms with Gasteiger partial charge in [-0.25, -0.2) is 4.79 Å². The number of piperazine rings is 1. The van der Waals surface area contributed by atoms with Crippen LogP contribution in [-0.2, 0) is 13.0 Å². The van der Waals surface area contributed by atoms with Crippen LogP contribution in [0.4, 0.5) is 4.79 Å². The number of rotatable bonds is 5. The van der Waals surface area contributed by atoms with Gasteiger partial charge < -0.3 is 9.80 Å². The molecule has 0 aliphatic carbocycles. The Balaban J connectivity index is 1.47. The second kappa shape index (κ2) is 10.4. The molecule has 4 rings (SSSR count). The van der Waals surface area contributed by atoms with Gasteiger partial charge in [-0.3, -0.25) is 4.90 Å². The van der Waals surface area contributed by atoms with Crippen molar-refractivity contribution in [3.8, 4) is 11.1 Å². The summed E-state index contributed by atoms with van der Waals surface area (Å²) in [5, 5.41) is 0.777. The van der Waals surface area contributed by atoms with Crippen LogP contribution >= 0.6 is 11.6 Å². The van der Waals surface area contributed by atoms with Gasteiger partial charge in [0.05, 0.1) is 6.04 Å². The van der Waals surface area contributed by atoms with Gasteiger partial charge in [-0.15, -0.1) is 0 Å². The van der Waals surface area contributed by atoms with E-state index in [1.54, 1.807) is 4.90 Å². The Morgan fingerprint density at radius 2 is 1.70 bits per heavy atom. The second-order valence-electron chi connectivity index (χ2n) is 9.13. The van der Waals surface area contributed by atoms with E-state index in [1.165, 1.54) is 16.7 Å². The third kappa shape index (κ3) is 5.76. The first-order valence-corrected chi connectivity index (χ1v) is 11.9. The summed E-state index contributed by atoms with van der Waals surface area (Å²) in [5.74, 6) is 0. The lowest BCUT2D eigenvalue weighted by atomic mass is 10.0. The molecule has 172 valence electrons. The topological polar surface area (TPSA) is 26.8 Å². The van der Waals surface area contributed by atoms with E-state index in [9.17, 15) is 4.79 Å². The molecule has 1 aliphatic heterocycles. The van der Waals surface area contributed by atoms with Crippen LogP contribution in [0.2, 0.25) is 5.02 Å². The maximum absolute atomic E-state index is 12.8. The zero-order valence-corrected chi connectivity index (χ0v) is 20.4. The number of carbonyl (C=O) groups excluding carboxylic acids is 1. The predicted molar refractivity (Wildman–Crippen MR) is 137 cm³/mol. The molecule has 2 amide bonds. The lowest BCUT2D eigenvalue weighted by molar-refractivity contribution is 0.0779. The molecule has 0 bridgehead atoms. The summed E-state index contributed by atoms with van der Waals surface area (Å²) >= 11 is 6.43. The lowest BCUT2D eigenvalue weighted by Crippen LogP contribution is -2.57. The first-order valence-electron chi connectivity index (χ1n) is 11.5. The van der Waals surface area contributed by atoms with E-state index in [2.05, 4.69) is 66.4 Å². The zero-order chi connectivity index (χ0) is 23.4. The Bertz CT molecular complexity index is 1080. The maximum Gasteiger partial charge on any atom is 0.319 e. The second-order valence-corrected chi connectivity index (χ2v) is 9.54. The minimum atomic E-state index is 0.0926. The van der Waals surface area contributed by atoms with Crippen LogP contribution in [0, 0.1) is 6.92 Å². The van der Waals surface area contributed by atoms with E-state index in [0.29, 0.717) is 0 Å². The highest BCUT2D eigenvalue weighted by Gasteiger charge is 2.31. The number of carbonyl (C=O) groups is 1. The van der Waals surface area contributed by atoms with Gasteiger partial charge in [-0.1, -0.05) is 77.8 Å². The van der Waals surface area contributed by atoms with Gasteiger partial charge in [0, 0.05) is 50.9 Å². The van der Waals surface area contributed by atoms with Crippen LogP contribution in [0.1, 0.15) is 16.7 Å². The van der Waals surface area contributed by atoms with Crippen molar-refractivity contribution in [3.05, 3.63) is 94.5 Å². The summed E-state index contributed by atoms with van der Waals surface area (Å²) in [6.07, 6.45) is 0.863. The molecule has 1 atom stereocenters. The van der Waals surface area contributed by atoms with Crippen molar-refractivity contribution in [1.29, 1.82) is 0 Å². The highest BCUT2D eigenvalue weighted by Crippen LogP contribution is 2.29. The molecule has 3 aromatic rings. The van der Waals surface area contributed by atoms with Crippen molar-refractivity contribution in [2.75, 3.05) is 33.7 Å². The normalized spacial score (nSPS) is 16.6. The number of benzene rings is 3. The van der Waals surface area contributed by atoms with E-state index in [0.717, 1.165) is 48.7 Å². The molecule has 33 heavy (non-hydrogen) atoms. The number of urea groups is 1. The molecule has 1 fully saturated rings. The van der Waals surface area contributed by atoms with Gasteiger partial charge in [0.25, 0.3) is 0 Å². The standard InChI is InChI=1S/C28H32ClN3O/c1-21-9-14-27(29)26(17-21)24-12-10-23(11-13-24)19-31-15-16-32(28(33)30(2)3)25(20-31)18-22-7-5-4-6-8-22/h4-14,17,25H,15-16,18-20H2,1-3H3/t25-/m0/s1. The molecule has 0 unspecified atom stereocenters. The molecule has 0 aromatic heterocycles. The van der Waals surface area contributed by atoms with Crippen molar-refractivity contribution in [3.63, 3.8) is 0 Å². The summed E-state index contributed by atoms with van der Waals surface area (Å²) in [7, 11) is 3.66. The first kappa shape index (κ1) is 23.3. The largest absolute Gasteiger partial charge is 0.331 e. The Hall–Kier alpha value is -2.82. The fraction of sp³-hybridized carbons (Fsp3) is 0.321. The Morgan fingerprint density at radius 1 is 0.970 bits per heavy atom.